The Labute approximate surface area is 108 Å². The summed E-state index contributed by atoms with van der Waals surface area (Å²) < 4.78 is 11.0. The summed E-state index contributed by atoms with van der Waals surface area (Å²) in [5.41, 5.74) is 7.88. The maximum atomic E-state index is 6.02. The van der Waals surface area contributed by atoms with Crippen LogP contribution >= 0.6 is 0 Å². The predicted molar refractivity (Wildman–Crippen MR) is 74.4 cm³/mol. The van der Waals surface area contributed by atoms with Crippen LogP contribution in [0.2, 0.25) is 0 Å². The average Bonchev–Trinajstić information content (AvgIpc) is 2.36. The van der Waals surface area contributed by atoms with Crippen LogP contribution in [0.25, 0.3) is 0 Å². The van der Waals surface area contributed by atoms with E-state index in [-0.39, 0.29) is 5.41 Å². The van der Waals surface area contributed by atoms with Gasteiger partial charge in [0.1, 0.15) is 13.2 Å². The molecule has 0 aliphatic carbocycles. The van der Waals surface area contributed by atoms with Gasteiger partial charge in [-0.1, -0.05) is 20.8 Å². The minimum absolute atomic E-state index is 0.250. The molecule has 0 saturated carbocycles. The molecule has 1 aliphatic rings. The fourth-order valence-corrected chi connectivity index (χ4v) is 1.72. The molecule has 0 saturated heterocycles. The summed E-state index contributed by atoms with van der Waals surface area (Å²) in [6.07, 6.45) is 1.12. The first-order chi connectivity index (χ1) is 8.52. The quantitative estimate of drug-likeness (QED) is 0.807. The van der Waals surface area contributed by atoms with Crippen LogP contribution in [0.4, 0.5) is 11.4 Å². The lowest BCUT2D eigenvalue weighted by atomic mass is 9.90. The van der Waals surface area contributed by atoms with Crippen LogP contribution in [0.1, 0.15) is 27.2 Å². The third-order valence-electron chi connectivity index (χ3n) is 3.43. The van der Waals surface area contributed by atoms with Gasteiger partial charge in [0.05, 0.1) is 11.4 Å². The predicted octanol–water partition coefficient (Wildman–Crippen LogP) is 2.89. The molecule has 0 amide bonds. The Balaban J connectivity index is 2.13. The summed E-state index contributed by atoms with van der Waals surface area (Å²) in [6, 6.07) is 3.76. The van der Waals surface area contributed by atoms with Crippen LogP contribution in [-0.4, -0.2) is 19.8 Å². The normalized spacial score (nSPS) is 14.4. The van der Waals surface area contributed by atoms with Crippen molar-refractivity contribution in [3.63, 3.8) is 0 Å². The van der Waals surface area contributed by atoms with Crippen molar-refractivity contribution in [2.24, 2.45) is 5.41 Å². The summed E-state index contributed by atoms with van der Waals surface area (Å²) in [6.45, 7) is 8.71. The number of nitrogens with two attached hydrogens (primary N) is 1. The van der Waals surface area contributed by atoms with E-state index in [2.05, 4.69) is 26.1 Å². The first kappa shape index (κ1) is 12.9. The van der Waals surface area contributed by atoms with E-state index in [0.29, 0.717) is 18.9 Å². The second-order valence-electron chi connectivity index (χ2n) is 5.45. The van der Waals surface area contributed by atoms with E-state index >= 15 is 0 Å². The molecular formula is C14H22N2O2. The second-order valence-corrected chi connectivity index (χ2v) is 5.45. The molecule has 0 spiro atoms. The fourth-order valence-electron chi connectivity index (χ4n) is 1.72. The molecular weight excluding hydrogens is 228 g/mol. The Kier molecular flexibility index (Phi) is 3.55. The highest BCUT2D eigenvalue weighted by Gasteiger charge is 2.18. The standard InChI is InChI=1S/C14H22N2O2/c1-4-14(2,3)9-16-11-8-13-12(7-10(11)15)17-5-6-18-13/h7-8,16H,4-6,9,15H2,1-3H3. The van der Waals surface area contributed by atoms with Crippen molar-refractivity contribution in [1.82, 2.24) is 0 Å². The van der Waals surface area contributed by atoms with E-state index in [1.54, 1.807) is 0 Å². The van der Waals surface area contributed by atoms with Gasteiger partial charge in [0.15, 0.2) is 11.5 Å². The molecule has 0 aromatic heterocycles. The lowest BCUT2D eigenvalue weighted by Crippen LogP contribution is -2.23. The van der Waals surface area contributed by atoms with Crippen molar-refractivity contribution in [1.29, 1.82) is 0 Å². The largest absolute Gasteiger partial charge is 0.486 e. The molecule has 4 nitrogen and oxygen atoms in total. The van der Waals surface area contributed by atoms with Gasteiger partial charge in [-0.05, 0) is 11.8 Å². The van der Waals surface area contributed by atoms with E-state index in [4.69, 9.17) is 15.2 Å². The summed E-state index contributed by atoms with van der Waals surface area (Å²) in [7, 11) is 0. The zero-order chi connectivity index (χ0) is 13.2. The van der Waals surface area contributed by atoms with Crippen molar-refractivity contribution < 1.29 is 9.47 Å². The summed E-state index contributed by atoms with van der Waals surface area (Å²) in [5.74, 6) is 1.51. The first-order valence-corrected chi connectivity index (χ1v) is 6.45. The number of nitrogens with one attached hydrogen (secondary N) is 1. The third-order valence-corrected chi connectivity index (χ3v) is 3.43. The second kappa shape index (κ2) is 4.96. The van der Waals surface area contributed by atoms with Crippen LogP contribution in [0, 0.1) is 5.41 Å². The van der Waals surface area contributed by atoms with Crippen LogP contribution in [-0.2, 0) is 0 Å². The highest BCUT2D eigenvalue weighted by atomic mass is 16.6. The monoisotopic (exact) mass is 250 g/mol. The molecule has 0 atom stereocenters. The zero-order valence-corrected chi connectivity index (χ0v) is 11.4. The highest BCUT2D eigenvalue weighted by Crippen LogP contribution is 2.37. The molecule has 4 heteroatoms. The summed E-state index contributed by atoms with van der Waals surface area (Å²) in [4.78, 5) is 0. The van der Waals surface area contributed by atoms with Crippen molar-refractivity contribution in [2.45, 2.75) is 27.2 Å². The highest BCUT2D eigenvalue weighted by molar-refractivity contribution is 5.72. The molecule has 0 radical (unpaired) electrons. The van der Waals surface area contributed by atoms with Gasteiger partial charge in [0, 0.05) is 18.7 Å². The number of ether oxygens (including phenoxy) is 2. The molecule has 1 aromatic carbocycles. The minimum Gasteiger partial charge on any atom is -0.486 e. The molecule has 0 unspecified atom stereocenters. The van der Waals surface area contributed by atoms with Gasteiger partial charge in [-0.2, -0.15) is 0 Å². The Bertz CT molecular complexity index is 430. The van der Waals surface area contributed by atoms with Crippen molar-refractivity contribution >= 4 is 11.4 Å². The molecule has 1 aliphatic heterocycles. The number of anilines is 2. The van der Waals surface area contributed by atoms with Crippen LogP contribution in [0.5, 0.6) is 11.5 Å². The van der Waals surface area contributed by atoms with Crippen molar-refractivity contribution in [3.05, 3.63) is 12.1 Å². The van der Waals surface area contributed by atoms with Gasteiger partial charge in [-0.15, -0.1) is 0 Å². The van der Waals surface area contributed by atoms with E-state index in [9.17, 15) is 0 Å². The maximum absolute atomic E-state index is 6.02. The van der Waals surface area contributed by atoms with Gasteiger partial charge in [-0.25, -0.2) is 0 Å². The van der Waals surface area contributed by atoms with E-state index in [1.165, 1.54) is 0 Å². The summed E-state index contributed by atoms with van der Waals surface area (Å²) >= 11 is 0. The lowest BCUT2D eigenvalue weighted by Gasteiger charge is -2.25. The number of hydrogen-bond donors (Lipinski definition) is 2. The zero-order valence-electron chi connectivity index (χ0n) is 11.4. The van der Waals surface area contributed by atoms with Crippen LogP contribution in [0.3, 0.4) is 0 Å². The van der Waals surface area contributed by atoms with Gasteiger partial charge in [-0.3, -0.25) is 0 Å². The molecule has 1 heterocycles. The van der Waals surface area contributed by atoms with E-state index in [0.717, 1.165) is 30.2 Å². The van der Waals surface area contributed by atoms with Gasteiger partial charge >= 0.3 is 0 Å². The molecule has 0 fully saturated rings. The van der Waals surface area contributed by atoms with Crippen molar-refractivity contribution in [2.75, 3.05) is 30.8 Å². The SMILES string of the molecule is CCC(C)(C)CNc1cc2c(cc1N)OCCO2. The molecule has 18 heavy (non-hydrogen) atoms. The Morgan fingerprint density at radius 1 is 1.22 bits per heavy atom. The first-order valence-electron chi connectivity index (χ1n) is 6.45. The van der Waals surface area contributed by atoms with E-state index in [1.807, 2.05) is 12.1 Å². The minimum atomic E-state index is 0.250. The van der Waals surface area contributed by atoms with Crippen molar-refractivity contribution in [3.8, 4) is 11.5 Å². The molecule has 1 aromatic rings. The van der Waals surface area contributed by atoms with Crippen LogP contribution in [0.15, 0.2) is 12.1 Å². The van der Waals surface area contributed by atoms with Gasteiger partial charge < -0.3 is 20.5 Å². The molecule has 0 bridgehead atoms. The molecule has 2 rings (SSSR count). The Morgan fingerprint density at radius 2 is 1.83 bits per heavy atom. The van der Waals surface area contributed by atoms with Gasteiger partial charge in [0.25, 0.3) is 0 Å². The molecule has 3 N–H and O–H groups in total. The Morgan fingerprint density at radius 3 is 2.44 bits per heavy atom. The Hall–Kier alpha value is -1.58. The number of fused-ring (bicyclic) bond motifs is 1. The lowest BCUT2D eigenvalue weighted by molar-refractivity contribution is 0.172. The third kappa shape index (κ3) is 2.81. The maximum Gasteiger partial charge on any atom is 0.163 e. The molecule has 100 valence electrons. The number of benzene rings is 1. The van der Waals surface area contributed by atoms with E-state index < -0.39 is 0 Å². The topological polar surface area (TPSA) is 56.5 Å². The van der Waals surface area contributed by atoms with Gasteiger partial charge in [0.2, 0.25) is 0 Å². The fraction of sp³-hybridized carbons (Fsp3) is 0.571. The average molecular weight is 250 g/mol. The smallest absolute Gasteiger partial charge is 0.163 e. The van der Waals surface area contributed by atoms with Crippen LogP contribution < -0.4 is 20.5 Å². The number of rotatable bonds is 4. The number of nitrogen functional groups attached to an aromatic ring is 1. The summed E-state index contributed by atoms with van der Waals surface area (Å²) in [5, 5.41) is 3.39. The number of hydrogen-bond acceptors (Lipinski definition) is 4.